The van der Waals surface area contributed by atoms with Crippen LogP contribution in [0.5, 0.6) is 17.2 Å². The van der Waals surface area contributed by atoms with E-state index in [9.17, 15) is 14.7 Å². The van der Waals surface area contributed by atoms with E-state index < -0.39 is 17.7 Å². The summed E-state index contributed by atoms with van der Waals surface area (Å²) in [6.07, 6.45) is 3.24. The number of aliphatic hydroxyl groups is 1. The highest BCUT2D eigenvalue weighted by atomic mass is 16.5. The van der Waals surface area contributed by atoms with Gasteiger partial charge < -0.3 is 24.2 Å². The Kier molecular flexibility index (Phi) is 6.70. The monoisotopic (exact) mass is 510 g/mol. The summed E-state index contributed by atoms with van der Waals surface area (Å²) in [5.74, 6) is -0.653. The molecule has 192 valence electrons. The molecule has 0 radical (unpaired) electrons. The highest BCUT2D eigenvalue weighted by Gasteiger charge is 2.46. The fourth-order valence-corrected chi connectivity index (χ4v) is 4.83. The predicted molar refractivity (Wildman–Crippen MR) is 142 cm³/mol. The van der Waals surface area contributed by atoms with E-state index >= 15 is 0 Å². The van der Waals surface area contributed by atoms with Gasteiger partial charge in [0.2, 0.25) is 5.75 Å². The third kappa shape index (κ3) is 4.30. The molecule has 8 nitrogen and oxygen atoms in total. The van der Waals surface area contributed by atoms with Gasteiger partial charge in [-0.1, -0.05) is 36.4 Å². The third-order valence-electron chi connectivity index (χ3n) is 6.67. The molecule has 5 rings (SSSR count). The second kappa shape index (κ2) is 10.3. The van der Waals surface area contributed by atoms with Crippen molar-refractivity contribution in [2.75, 3.05) is 21.3 Å². The summed E-state index contributed by atoms with van der Waals surface area (Å²) in [4.78, 5) is 32.4. The minimum Gasteiger partial charge on any atom is -0.507 e. The van der Waals surface area contributed by atoms with Crippen LogP contribution in [0.4, 0.5) is 0 Å². The summed E-state index contributed by atoms with van der Waals surface area (Å²) >= 11 is 0. The molecule has 38 heavy (non-hydrogen) atoms. The summed E-state index contributed by atoms with van der Waals surface area (Å²) < 4.78 is 16.5. The third-order valence-corrected chi connectivity index (χ3v) is 6.67. The maximum Gasteiger partial charge on any atom is 0.295 e. The van der Waals surface area contributed by atoms with Crippen LogP contribution in [-0.2, 0) is 16.1 Å². The lowest BCUT2D eigenvalue weighted by atomic mass is 9.94. The van der Waals surface area contributed by atoms with Gasteiger partial charge in [0.25, 0.3) is 11.7 Å². The van der Waals surface area contributed by atoms with Gasteiger partial charge in [0.05, 0.1) is 32.9 Å². The predicted octanol–water partition coefficient (Wildman–Crippen LogP) is 4.88. The molecule has 0 saturated carbocycles. The van der Waals surface area contributed by atoms with E-state index in [4.69, 9.17) is 14.2 Å². The number of likely N-dealkylation sites (tertiary alicyclic amines) is 1. The molecule has 2 heterocycles. The van der Waals surface area contributed by atoms with Crippen LogP contribution in [0.25, 0.3) is 16.5 Å². The van der Waals surface area contributed by atoms with Gasteiger partial charge in [-0.2, -0.15) is 0 Å². The Hall–Kier alpha value is -4.85. The first-order chi connectivity index (χ1) is 18.5. The molecule has 0 bridgehead atoms. The van der Waals surface area contributed by atoms with E-state index in [-0.39, 0.29) is 17.9 Å². The number of amides is 1. The van der Waals surface area contributed by atoms with Crippen molar-refractivity contribution in [2.24, 2.45) is 0 Å². The molecule has 3 aromatic carbocycles. The number of rotatable bonds is 7. The van der Waals surface area contributed by atoms with Gasteiger partial charge in [0.1, 0.15) is 5.76 Å². The van der Waals surface area contributed by atoms with E-state index in [1.165, 1.54) is 26.2 Å². The topological polar surface area (TPSA) is 98.2 Å². The lowest BCUT2D eigenvalue weighted by Crippen LogP contribution is -2.29. The van der Waals surface area contributed by atoms with Crippen LogP contribution in [0.3, 0.4) is 0 Å². The van der Waals surface area contributed by atoms with E-state index in [1.54, 1.807) is 48.8 Å². The van der Waals surface area contributed by atoms with Crippen LogP contribution < -0.4 is 14.2 Å². The number of carbonyl (C=O) groups excluding carboxylic acids is 2. The van der Waals surface area contributed by atoms with Gasteiger partial charge in [-0.15, -0.1) is 0 Å². The van der Waals surface area contributed by atoms with Gasteiger partial charge >= 0.3 is 0 Å². The second-order valence-electron chi connectivity index (χ2n) is 8.80. The summed E-state index contributed by atoms with van der Waals surface area (Å²) in [7, 11) is 4.48. The van der Waals surface area contributed by atoms with Crippen LogP contribution >= 0.6 is 0 Å². The first-order valence-electron chi connectivity index (χ1n) is 11.9. The zero-order valence-electron chi connectivity index (χ0n) is 21.2. The van der Waals surface area contributed by atoms with Crippen molar-refractivity contribution in [1.82, 2.24) is 9.88 Å². The number of hydrogen-bond acceptors (Lipinski definition) is 7. The molecule has 1 atom stereocenters. The number of methoxy groups -OCH3 is 3. The summed E-state index contributed by atoms with van der Waals surface area (Å²) in [6.45, 7) is 0.128. The van der Waals surface area contributed by atoms with E-state index in [1.807, 2.05) is 30.3 Å². The highest BCUT2D eigenvalue weighted by molar-refractivity contribution is 6.46. The smallest absolute Gasteiger partial charge is 0.295 e. The van der Waals surface area contributed by atoms with E-state index in [2.05, 4.69) is 4.98 Å². The number of hydrogen-bond donors (Lipinski definition) is 1. The average Bonchev–Trinajstić information content (AvgIpc) is 3.21. The molecule has 1 saturated heterocycles. The molecule has 1 amide bonds. The molecule has 1 aromatic heterocycles. The van der Waals surface area contributed by atoms with Crippen molar-refractivity contribution in [3.8, 4) is 17.2 Å². The van der Waals surface area contributed by atoms with Crippen LogP contribution in [0.15, 0.2) is 84.7 Å². The van der Waals surface area contributed by atoms with Crippen molar-refractivity contribution in [3.05, 3.63) is 101 Å². The van der Waals surface area contributed by atoms with Gasteiger partial charge in [-0.05, 0) is 52.2 Å². The zero-order chi connectivity index (χ0) is 26.8. The SMILES string of the molecule is COc1cc(C2/C(=C(\O)c3ccc4ccccc4c3)C(=O)C(=O)N2Cc2ccncc2)cc(OC)c1OC. The number of fused-ring (bicyclic) bond motifs is 1. The lowest BCUT2D eigenvalue weighted by Gasteiger charge is -2.26. The number of nitrogens with zero attached hydrogens (tertiary/aromatic N) is 2. The number of benzene rings is 3. The van der Waals surface area contributed by atoms with Gasteiger partial charge in [0, 0.05) is 24.5 Å². The number of aromatic nitrogens is 1. The Balaban J connectivity index is 1.72. The van der Waals surface area contributed by atoms with Crippen molar-refractivity contribution in [3.63, 3.8) is 0 Å². The maximum absolute atomic E-state index is 13.5. The van der Waals surface area contributed by atoms with Gasteiger partial charge in [0.15, 0.2) is 11.5 Å². The zero-order valence-corrected chi connectivity index (χ0v) is 21.2. The van der Waals surface area contributed by atoms with Gasteiger partial charge in [-0.25, -0.2) is 0 Å². The largest absolute Gasteiger partial charge is 0.507 e. The first kappa shape index (κ1) is 24.8. The van der Waals surface area contributed by atoms with Crippen LogP contribution in [0, 0.1) is 0 Å². The van der Waals surface area contributed by atoms with Crippen LogP contribution in [0.1, 0.15) is 22.7 Å². The Morgan fingerprint density at radius 1 is 0.868 bits per heavy atom. The second-order valence-corrected chi connectivity index (χ2v) is 8.80. The number of aliphatic hydroxyl groups excluding tert-OH is 1. The minimum absolute atomic E-state index is 0.0198. The van der Waals surface area contributed by atoms with E-state index in [0.29, 0.717) is 28.4 Å². The number of pyridine rings is 1. The number of ether oxygens (including phenoxy) is 3. The Bertz CT molecular complexity index is 1540. The fraction of sp³-hybridized carbons (Fsp3) is 0.167. The summed E-state index contributed by atoms with van der Waals surface area (Å²) in [5, 5.41) is 13.4. The molecular weight excluding hydrogens is 484 g/mol. The average molecular weight is 511 g/mol. The molecule has 1 unspecified atom stereocenters. The van der Waals surface area contributed by atoms with E-state index in [0.717, 1.165) is 16.3 Å². The normalized spacial score (nSPS) is 16.6. The number of ketones is 1. The maximum atomic E-state index is 13.5. The molecule has 0 aliphatic carbocycles. The lowest BCUT2D eigenvalue weighted by molar-refractivity contribution is -0.140. The molecule has 1 fully saturated rings. The molecule has 1 aliphatic heterocycles. The quantitative estimate of drug-likeness (QED) is 0.215. The highest BCUT2D eigenvalue weighted by Crippen LogP contribution is 2.46. The molecule has 1 aliphatic rings. The number of Topliss-reactive ketones (excluding diaryl/α,β-unsaturated/α-hetero) is 1. The van der Waals surface area contributed by atoms with Crippen LogP contribution in [0.2, 0.25) is 0 Å². The Morgan fingerprint density at radius 3 is 2.16 bits per heavy atom. The van der Waals surface area contributed by atoms with Gasteiger partial charge in [-0.3, -0.25) is 14.6 Å². The molecular formula is C30H26N2O6. The molecule has 4 aromatic rings. The number of carbonyl (C=O) groups is 2. The van der Waals surface area contributed by atoms with Crippen LogP contribution in [-0.4, -0.2) is 48.0 Å². The summed E-state index contributed by atoms with van der Waals surface area (Å²) in [5.41, 5.74) is 1.72. The van der Waals surface area contributed by atoms with Crippen molar-refractivity contribution in [1.29, 1.82) is 0 Å². The first-order valence-corrected chi connectivity index (χ1v) is 11.9. The summed E-state index contributed by atoms with van der Waals surface area (Å²) in [6, 6.07) is 19.1. The Morgan fingerprint density at radius 2 is 1.53 bits per heavy atom. The Labute approximate surface area is 219 Å². The standard InChI is InChI=1S/C30H26N2O6/c1-36-23-15-22(16-24(37-2)29(23)38-3)26-25(27(33)21-9-8-19-6-4-5-7-20(19)14-21)28(34)30(35)32(26)17-18-10-12-31-13-11-18/h4-16,26,33H,17H2,1-3H3/b27-25+. The minimum atomic E-state index is -0.914. The molecule has 8 heteroatoms. The van der Waals surface area contributed by atoms with Crippen molar-refractivity contribution in [2.45, 2.75) is 12.6 Å². The fourth-order valence-electron chi connectivity index (χ4n) is 4.83. The van der Waals surface area contributed by atoms with Crippen molar-refractivity contribution >= 4 is 28.2 Å². The molecule has 0 spiro atoms. The van der Waals surface area contributed by atoms with Crippen molar-refractivity contribution < 1.29 is 28.9 Å². The molecule has 1 N–H and O–H groups in total.